The molecule has 0 bridgehead atoms. The molecule has 1 aromatic carbocycles. The Morgan fingerprint density at radius 2 is 1.95 bits per heavy atom. The Kier molecular flexibility index (Phi) is 2.88. The van der Waals surface area contributed by atoms with Crippen molar-refractivity contribution in [2.24, 2.45) is 0 Å². The summed E-state index contributed by atoms with van der Waals surface area (Å²) < 4.78 is 13.3. The first kappa shape index (κ1) is 12.9. The lowest BCUT2D eigenvalue weighted by molar-refractivity contribution is -0.131. The Labute approximate surface area is 115 Å². The number of hydrogen-bond acceptors (Lipinski definition) is 3. The van der Waals surface area contributed by atoms with Gasteiger partial charge in [0.05, 0.1) is 6.54 Å². The number of urea groups is 1. The quantitative estimate of drug-likeness (QED) is 0.639. The minimum absolute atomic E-state index is 0.0500. The molecular weight excluding hydrogens is 261 g/mol. The van der Waals surface area contributed by atoms with E-state index in [1.165, 1.54) is 12.1 Å². The Bertz CT molecular complexity index is 562. The number of nitrogens with one attached hydrogen (secondary N) is 1. The highest BCUT2D eigenvalue weighted by molar-refractivity contribution is 6.07. The lowest BCUT2D eigenvalue weighted by atomic mass is 9.98. The van der Waals surface area contributed by atoms with Crippen LogP contribution in [-0.2, 0) is 11.3 Å². The van der Waals surface area contributed by atoms with Crippen LogP contribution >= 0.6 is 0 Å². The van der Waals surface area contributed by atoms with Crippen LogP contribution in [-0.4, -0.2) is 22.4 Å². The van der Waals surface area contributed by atoms with Crippen molar-refractivity contribution >= 4 is 17.6 Å². The topological polar surface area (TPSA) is 75.4 Å². The summed E-state index contributed by atoms with van der Waals surface area (Å²) in [5.74, 6) is -0.675. The molecule has 1 aromatic rings. The van der Waals surface area contributed by atoms with Crippen molar-refractivity contribution in [3.05, 3.63) is 29.6 Å². The summed E-state index contributed by atoms with van der Waals surface area (Å²) in [7, 11) is 0. The normalized spacial score (nSPS) is 20.8. The van der Waals surface area contributed by atoms with Crippen molar-refractivity contribution in [2.75, 3.05) is 5.73 Å². The molecule has 0 radical (unpaired) electrons. The van der Waals surface area contributed by atoms with Gasteiger partial charge in [-0.25, -0.2) is 9.18 Å². The van der Waals surface area contributed by atoms with Gasteiger partial charge in [-0.3, -0.25) is 9.69 Å². The van der Waals surface area contributed by atoms with Gasteiger partial charge in [0.25, 0.3) is 5.91 Å². The van der Waals surface area contributed by atoms with Gasteiger partial charge in [0.2, 0.25) is 0 Å². The fraction of sp³-hybridized carbons (Fsp3) is 0.429. The summed E-state index contributed by atoms with van der Waals surface area (Å²) in [4.78, 5) is 25.6. The van der Waals surface area contributed by atoms with Crippen molar-refractivity contribution < 1.29 is 14.0 Å². The maximum absolute atomic E-state index is 13.3. The fourth-order valence-corrected chi connectivity index (χ4v) is 3.09. The molecule has 2 aliphatic rings. The van der Waals surface area contributed by atoms with Gasteiger partial charge in [-0.1, -0.05) is 12.8 Å². The molecule has 1 aliphatic carbocycles. The molecule has 3 amide bonds. The number of nitrogen functional groups attached to an aromatic ring is 1. The molecule has 0 atom stereocenters. The van der Waals surface area contributed by atoms with Crippen molar-refractivity contribution in [1.29, 1.82) is 0 Å². The van der Waals surface area contributed by atoms with Crippen LogP contribution in [0.4, 0.5) is 14.9 Å². The second-order valence-corrected chi connectivity index (χ2v) is 5.50. The number of carbonyl (C=O) groups excluding carboxylic acids is 2. The van der Waals surface area contributed by atoms with E-state index in [0.717, 1.165) is 17.7 Å². The largest absolute Gasteiger partial charge is 0.399 e. The average molecular weight is 277 g/mol. The number of amides is 3. The molecule has 3 N–H and O–H groups in total. The molecule has 6 heteroatoms. The molecule has 1 saturated heterocycles. The second kappa shape index (κ2) is 4.47. The zero-order valence-electron chi connectivity index (χ0n) is 11.0. The van der Waals surface area contributed by atoms with Crippen molar-refractivity contribution in [3.63, 3.8) is 0 Å². The maximum atomic E-state index is 13.3. The number of imide groups is 1. The van der Waals surface area contributed by atoms with Crippen LogP contribution in [0.25, 0.3) is 0 Å². The molecule has 2 fully saturated rings. The highest BCUT2D eigenvalue weighted by Crippen LogP contribution is 2.35. The first-order valence-electron chi connectivity index (χ1n) is 6.69. The third-order valence-electron chi connectivity index (χ3n) is 4.02. The number of halogens is 1. The Morgan fingerprint density at radius 3 is 2.60 bits per heavy atom. The monoisotopic (exact) mass is 277 g/mol. The van der Waals surface area contributed by atoms with Gasteiger partial charge >= 0.3 is 6.03 Å². The van der Waals surface area contributed by atoms with Crippen molar-refractivity contribution in [2.45, 2.75) is 37.8 Å². The minimum Gasteiger partial charge on any atom is -0.399 e. The number of benzene rings is 1. The molecule has 106 valence electrons. The maximum Gasteiger partial charge on any atom is 0.325 e. The molecule has 1 saturated carbocycles. The Hall–Kier alpha value is -2.11. The molecule has 1 heterocycles. The predicted octanol–water partition coefficient (Wildman–Crippen LogP) is 1.77. The summed E-state index contributed by atoms with van der Waals surface area (Å²) in [5.41, 5.74) is 5.64. The Morgan fingerprint density at radius 1 is 1.25 bits per heavy atom. The van der Waals surface area contributed by atoms with E-state index < -0.39 is 17.4 Å². The Balaban J connectivity index is 1.84. The van der Waals surface area contributed by atoms with Crippen molar-refractivity contribution in [1.82, 2.24) is 10.2 Å². The van der Waals surface area contributed by atoms with Crippen LogP contribution in [0.15, 0.2) is 18.2 Å². The lowest BCUT2D eigenvalue weighted by Crippen LogP contribution is -2.44. The van der Waals surface area contributed by atoms with E-state index in [9.17, 15) is 14.0 Å². The first-order valence-corrected chi connectivity index (χ1v) is 6.69. The van der Waals surface area contributed by atoms with E-state index in [-0.39, 0.29) is 18.1 Å². The molecule has 20 heavy (non-hydrogen) atoms. The van der Waals surface area contributed by atoms with Gasteiger partial charge in [-0.2, -0.15) is 0 Å². The smallest absolute Gasteiger partial charge is 0.325 e. The molecular formula is C14H16FN3O2. The van der Waals surface area contributed by atoms with Gasteiger partial charge in [0.1, 0.15) is 11.4 Å². The summed E-state index contributed by atoms with van der Waals surface area (Å²) in [6.07, 6.45) is 3.23. The summed E-state index contributed by atoms with van der Waals surface area (Å²) in [5, 5.41) is 2.79. The average Bonchev–Trinajstić information content (AvgIpc) is 2.90. The highest BCUT2D eigenvalue weighted by atomic mass is 19.1. The van der Waals surface area contributed by atoms with Gasteiger partial charge < -0.3 is 11.1 Å². The molecule has 5 nitrogen and oxygen atoms in total. The van der Waals surface area contributed by atoms with Gasteiger partial charge in [0.15, 0.2) is 0 Å². The molecule has 3 rings (SSSR count). The number of carbonyl (C=O) groups is 2. The zero-order valence-corrected chi connectivity index (χ0v) is 11.0. The minimum atomic E-state index is -0.726. The SMILES string of the molecule is Nc1cc(F)cc(CN2C(=O)NC3(CCCC3)C2=O)c1. The van der Waals surface area contributed by atoms with E-state index >= 15 is 0 Å². The van der Waals surface area contributed by atoms with E-state index in [4.69, 9.17) is 5.73 Å². The first-order chi connectivity index (χ1) is 9.50. The van der Waals surface area contributed by atoms with Crippen LogP contribution in [0.5, 0.6) is 0 Å². The fourth-order valence-electron chi connectivity index (χ4n) is 3.09. The van der Waals surface area contributed by atoms with Gasteiger partial charge in [-0.05, 0) is 36.6 Å². The van der Waals surface area contributed by atoms with Crippen molar-refractivity contribution in [3.8, 4) is 0 Å². The van der Waals surface area contributed by atoms with Gasteiger partial charge in [0, 0.05) is 5.69 Å². The van der Waals surface area contributed by atoms with E-state index in [1.54, 1.807) is 6.07 Å². The number of rotatable bonds is 2. The van der Waals surface area contributed by atoms with E-state index in [0.29, 0.717) is 18.4 Å². The third kappa shape index (κ3) is 2.01. The van der Waals surface area contributed by atoms with Crippen LogP contribution in [0.3, 0.4) is 0 Å². The van der Waals surface area contributed by atoms with Crippen LogP contribution in [0, 0.1) is 5.82 Å². The number of nitrogens with two attached hydrogens (primary N) is 1. The summed E-state index contributed by atoms with van der Waals surface area (Å²) >= 11 is 0. The second-order valence-electron chi connectivity index (χ2n) is 5.50. The zero-order chi connectivity index (χ0) is 14.3. The predicted molar refractivity (Wildman–Crippen MR) is 71.1 cm³/mol. The number of hydrogen-bond donors (Lipinski definition) is 2. The summed E-state index contributed by atoms with van der Waals surface area (Å²) in [6.45, 7) is 0.0500. The lowest BCUT2D eigenvalue weighted by Gasteiger charge is -2.20. The van der Waals surface area contributed by atoms with Crippen LogP contribution in [0.2, 0.25) is 0 Å². The number of nitrogens with zero attached hydrogens (tertiary/aromatic N) is 1. The van der Waals surface area contributed by atoms with Crippen LogP contribution in [0.1, 0.15) is 31.2 Å². The van der Waals surface area contributed by atoms with E-state index in [2.05, 4.69) is 5.32 Å². The molecule has 1 aliphatic heterocycles. The molecule has 1 spiro atoms. The standard InChI is InChI=1S/C14H16FN3O2/c15-10-5-9(6-11(16)7-10)8-18-12(19)14(17-13(18)20)3-1-2-4-14/h5-7H,1-4,8,16H2,(H,17,20). The van der Waals surface area contributed by atoms with E-state index in [1.807, 2.05) is 0 Å². The molecule has 0 aromatic heterocycles. The molecule has 0 unspecified atom stereocenters. The van der Waals surface area contributed by atoms with Gasteiger partial charge in [-0.15, -0.1) is 0 Å². The highest BCUT2D eigenvalue weighted by Gasteiger charge is 2.52. The third-order valence-corrected chi connectivity index (χ3v) is 4.02. The summed E-state index contributed by atoms with van der Waals surface area (Å²) in [6, 6.07) is 3.66. The number of anilines is 1. The van der Waals surface area contributed by atoms with Crippen LogP contribution < -0.4 is 11.1 Å².